The van der Waals surface area contributed by atoms with Crippen LogP contribution in [0.1, 0.15) is 30.6 Å². The van der Waals surface area contributed by atoms with Crippen LogP contribution in [0.5, 0.6) is 0 Å². The highest BCUT2D eigenvalue weighted by Gasteiger charge is 2.18. The molecular formula is C13H15NO3S. The van der Waals surface area contributed by atoms with Crippen LogP contribution in [-0.4, -0.2) is 8.42 Å². The fraction of sp³-hybridized carbons (Fsp3) is 0.385. The van der Waals surface area contributed by atoms with Crippen molar-refractivity contribution in [1.29, 1.82) is 0 Å². The Hall–Kier alpha value is -1.33. The summed E-state index contributed by atoms with van der Waals surface area (Å²) in [7, 11) is -3.66. The fourth-order valence-electron chi connectivity index (χ4n) is 2.60. The van der Waals surface area contributed by atoms with Gasteiger partial charge in [0.25, 0.3) is 0 Å². The summed E-state index contributed by atoms with van der Waals surface area (Å²) in [6, 6.07) is 4.89. The third kappa shape index (κ3) is 1.93. The molecule has 96 valence electrons. The molecule has 0 saturated carbocycles. The fourth-order valence-corrected chi connectivity index (χ4v) is 3.13. The Morgan fingerprint density at radius 2 is 1.89 bits per heavy atom. The average Bonchev–Trinajstić information content (AvgIpc) is 2.50. The lowest BCUT2D eigenvalue weighted by Crippen LogP contribution is -2.11. The van der Waals surface area contributed by atoms with Crippen molar-refractivity contribution in [3.05, 3.63) is 29.5 Å². The summed E-state index contributed by atoms with van der Waals surface area (Å²) >= 11 is 0. The highest BCUT2D eigenvalue weighted by atomic mass is 32.2. The largest absolute Gasteiger partial charge is 0.461 e. The number of hydrogen-bond donors (Lipinski definition) is 1. The molecule has 1 aromatic carbocycles. The minimum absolute atomic E-state index is 0.110. The van der Waals surface area contributed by atoms with Crippen LogP contribution >= 0.6 is 0 Å². The Labute approximate surface area is 106 Å². The van der Waals surface area contributed by atoms with E-state index in [-0.39, 0.29) is 4.90 Å². The maximum Gasteiger partial charge on any atom is 0.238 e. The lowest BCUT2D eigenvalue weighted by Gasteiger charge is -1.98. The summed E-state index contributed by atoms with van der Waals surface area (Å²) in [6.07, 6.45) is 5.47. The molecule has 0 spiro atoms. The van der Waals surface area contributed by atoms with E-state index < -0.39 is 10.0 Å². The Kier molecular flexibility index (Phi) is 2.68. The highest BCUT2D eigenvalue weighted by molar-refractivity contribution is 7.89. The van der Waals surface area contributed by atoms with E-state index in [2.05, 4.69) is 0 Å². The zero-order chi connectivity index (χ0) is 12.8. The summed E-state index contributed by atoms with van der Waals surface area (Å²) < 4.78 is 28.4. The van der Waals surface area contributed by atoms with Gasteiger partial charge >= 0.3 is 0 Å². The first-order valence-electron chi connectivity index (χ1n) is 6.13. The average molecular weight is 265 g/mol. The van der Waals surface area contributed by atoms with Gasteiger partial charge in [-0.25, -0.2) is 13.6 Å². The van der Waals surface area contributed by atoms with Crippen molar-refractivity contribution in [1.82, 2.24) is 0 Å². The zero-order valence-electron chi connectivity index (χ0n) is 9.98. The van der Waals surface area contributed by atoms with Crippen LogP contribution in [0.15, 0.2) is 27.5 Å². The van der Waals surface area contributed by atoms with Gasteiger partial charge in [-0.1, -0.05) is 6.42 Å². The Morgan fingerprint density at radius 3 is 2.67 bits per heavy atom. The summed E-state index contributed by atoms with van der Waals surface area (Å²) in [4.78, 5) is 0.110. The summed E-state index contributed by atoms with van der Waals surface area (Å²) in [5, 5.41) is 6.15. The van der Waals surface area contributed by atoms with Crippen LogP contribution < -0.4 is 5.14 Å². The van der Waals surface area contributed by atoms with E-state index in [1.54, 1.807) is 6.07 Å². The molecule has 1 aliphatic rings. The highest BCUT2D eigenvalue weighted by Crippen LogP contribution is 2.32. The van der Waals surface area contributed by atoms with Gasteiger partial charge in [-0.15, -0.1) is 0 Å². The van der Waals surface area contributed by atoms with Crippen LogP contribution in [0.4, 0.5) is 0 Å². The van der Waals surface area contributed by atoms with Gasteiger partial charge in [0.15, 0.2) is 0 Å². The molecule has 3 rings (SSSR count). The van der Waals surface area contributed by atoms with Gasteiger partial charge in [0, 0.05) is 23.4 Å². The SMILES string of the molecule is NS(=O)(=O)c1ccc2c3c(oc2c1)CCCCC3. The van der Waals surface area contributed by atoms with Crippen LogP contribution in [-0.2, 0) is 22.9 Å². The predicted octanol–water partition coefficient (Wildman–Crippen LogP) is 2.35. The van der Waals surface area contributed by atoms with E-state index in [4.69, 9.17) is 9.56 Å². The van der Waals surface area contributed by atoms with Gasteiger partial charge in [0.05, 0.1) is 4.90 Å². The molecule has 1 aromatic heterocycles. The van der Waals surface area contributed by atoms with E-state index in [0.29, 0.717) is 5.58 Å². The second-order valence-electron chi connectivity index (χ2n) is 4.77. The molecule has 2 N–H and O–H groups in total. The van der Waals surface area contributed by atoms with Gasteiger partial charge in [0.1, 0.15) is 11.3 Å². The van der Waals surface area contributed by atoms with Crippen molar-refractivity contribution in [2.75, 3.05) is 0 Å². The first-order chi connectivity index (χ1) is 8.55. The third-order valence-corrected chi connectivity index (χ3v) is 4.42. The molecule has 2 aromatic rings. The molecule has 4 nitrogen and oxygen atoms in total. The number of nitrogens with two attached hydrogens (primary N) is 1. The molecule has 5 heteroatoms. The first-order valence-corrected chi connectivity index (χ1v) is 7.67. The molecule has 0 fully saturated rings. The van der Waals surface area contributed by atoms with Crippen molar-refractivity contribution >= 4 is 21.0 Å². The Balaban J connectivity index is 2.20. The van der Waals surface area contributed by atoms with Crippen molar-refractivity contribution in [3.8, 4) is 0 Å². The van der Waals surface area contributed by atoms with Crippen molar-refractivity contribution in [2.24, 2.45) is 5.14 Å². The minimum atomic E-state index is -3.66. The number of sulfonamides is 1. The minimum Gasteiger partial charge on any atom is -0.461 e. The van der Waals surface area contributed by atoms with Crippen molar-refractivity contribution < 1.29 is 12.8 Å². The van der Waals surface area contributed by atoms with E-state index in [0.717, 1.165) is 30.4 Å². The van der Waals surface area contributed by atoms with E-state index in [1.807, 2.05) is 6.07 Å². The molecule has 1 aliphatic carbocycles. The molecule has 0 amide bonds. The summed E-state index contributed by atoms with van der Waals surface area (Å²) in [5.74, 6) is 1.01. The monoisotopic (exact) mass is 265 g/mol. The number of primary sulfonamides is 1. The number of aryl methyl sites for hydroxylation is 2. The van der Waals surface area contributed by atoms with E-state index >= 15 is 0 Å². The molecule has 0 aliphatic heterocycles. The Morgan fingerprint density at radius 1 is 1.11 bits per heavy atom. The van der Waals surface area contributed by atoms with Gasteiger partial charge < -0.3 is 4.42 Å². The maximum atomic E-state index is 11.3. The van der Waals surface area contributed by atoms with Gasteiger partial charge in [-0.2, -0.15) is 0 Å². The van der Waals surface area contributed by atoms with Gasteiger partial charge in [-0.05, 0) is 31.4 Å². The topological polar surface area (TPSA) is 73.3 Å². The summed E-state index contributed by atoms with van der Waals surface area (Å²) in [6.45, 7) is 0. The summed E-state index contributed by atoms with van der Waals surface area (Å²) in [5.41, 5.74) is 1.87. The number of fused-ring (bicyclic) bond motifs is 3. The van der Waals surface area contributed by atoms with Crippen LogP contribution in [0.3, 0.4) is 0 Å². The standard InChI is InChI=1S/C13H15NO3S/c14-18(15,16)9-6-7-11-10-4-2-1-3-5-12(10)17-13(11)8-9/h6-8H,1-5H2,(H2,14,15,16). The number of rotatable bonds is 1. The molecule has 0 radical (unpaired) electrons. The second-order valence-corrected chi connectivity index (χ2v) is 6.33. The molecule has 18 heavy (non-hydrogen) atoms. The van der Waals surface area contributed by atoms with Crippen molar-refractivity contribution in [2.45, 2.75) is 37.0 Å². The molecule has 0 saturated heterocycles. The van der Waals surface area contributed by atoms with E-state index in [9.17, 15) is 8.42 Å². The van der Waals surface area contributed by atoms with Crippen molar-refractivity contribution in [3.63, 3.8) is 0 Å². The third-order valence-electron chi connectivity index (χ3n) is 3.51. The predicted molar refractivity (Wildman–Crippen MR) is 68.8 cm³/mol. The van der Waals surface area contributed by atoms with Gasteiger partial charge in [-0.3, -0.25) is 0 Å². The maximum absolute atomic E-state index is 11.3. The zero-order valence-corrected chi connectivity index (χ0v) is 10.8. The number of hydrogen-bond acceptors (Lipinski definition) is 3. The van der Waals surface area contributed by atoms with Crippen LogP contribution in [0, 0.1) is 0 Å². The smallest absolute Gasteiger partial charge is 0.238 e. The molecule has 0 bridgehead atoms. The molecule has 0 atom stereocenters. The molecule has 0 unspecified atom stereocenters. The van der Waals surface area contributed by atoms with E-state index in [1.165, 1.54) is 24.5 Å². The lowest BCUT2D eigenvalue weighted by molar-refractivity contribution is 0.537. The van der Waals surface area contributed by atoms with Gasteiger partial charge in [0.2, 0.25) is 10.0 Å². The second kappa shape index (κ2) is 4.10. The quantitative estimate of drug-likeness (QED) is 0.804. The Bertz CT molecular complexity index is 700. The number of benzene rings is 1. The first kappa shape index (κ1) is 11.7. The lowest BCUT2D eigenvalue weighted by atomic mass is 10.1. The molecule has 1 heterocycles. The number of furan rings is 1. The van der Waals surface area contributed by atoms with Crippen LogP contribution in [0.25, 0.3) is 11.0 Å². The molecular weight excluding hydrogens is 250 g/mol. The van der Waals surface area contributed by atoms with Crippen LogP contribution in [0.2, 0.25) is 0 Å². The normalized spacial score (nSPS) is 16.5.